The van der Waals surface area contributed by atoms with Crippen molar-refractivity contribution >= 4 is 59.1 Å². The molecule has 0 fully saturated rings. The van der Waals surface area contributed by atoms with Crippen LogP contribution in [0.3, 0.4) is 0 Å². The number of benzene rings is 1. The summed E-state index contributed by atoms with van der Waals surface area (Å²) in [6, 6.07) is 10.5. The van der Waals surface area contributed by atoms with Crippen LogP contribution >= 0.6 is 59.1 Å². The van der Waals surface area contributed by atoms with Gasteiger partial charge in [-0.3, -0.25) is 11.3 Å². The summed E-state index contributed by atoms with van der Waals surface area (Å²) in [5.74, 6) is 5.68. The molecule has 0 saturated carbocycles. The third kappa shape index (κ3) is 3.65. The van der Waals surface area contributed by atoms with E-state index in [9.17, 15) is 0 Å². The van der Waals surface area contributed by atoms with Gasteiger partial charge in [0, 0.05) is 4.47 Å². The average Bonchev–Trinajstić information content (AvgIpc) is 2.65. The summed E-state index contributed by atoms with van der Waals surface area (Å²) in [6.07, 6.45) is 0.845. The van der Waals surface area contributed by atoms with Gasteiger partial charge in [0.1, 0.15) is 0 Å². The molecule has 2 nitrogen and oxygen atoms in total. The van der Waals surface area contributed by atoms with Crippen LogP contribution in [0.2, 0.25) is 0 Å². The number of hydrogen-bond acceptors (Lipinski definition) is 3. The Morgan fingerprint density at radius 1 is 1.22 bits per heavy atom. The van der Waals surface area contributed by atoms with Gasteiger partial charge in [-0.25, -0.2) is 0 Å². The predicted octanol–water partition coefficient (Wildman–Crippen LogP) is 4.78. The molecule has 0 aliphatic heterocycles. The Hall–Kier alpha value is 0.280. The van der Waals surface area contributed by atoms with Crippen molar-refractivity contribution in [1.29, 1.82) is 0 Å². The van der Waals surface area contributed by atoms with Crippen LogP contribution in [-0.4, -0.2) is 0 Å². The number of thiophene rings is 1. The average molecular weight is 455 g/mol. The molecule has 0 saturated heterocycles. The summed E-state index contributed by atoms with van der Waals surface area (Å²) in [4.78, 5) is 0. The van der Waals surface area contributed by atoms with Crippen molar-refractivity contribution in [2.45, 2.75) is 12.5 Å². The quantitative estimate of drug-likeness (QED) is 0.515. The third-order valence-corrected chi connectivity index (χ3v) is 5.47. The summed E-state index contributed by atoms with van der Waals surface area (Å²) >= 11 is 12.2. The lowest BCUT2D eigenvalue weighted by atomic mass is 10.0. The zero-order valence-corrected chi connectivity index (χ0v) is 14.9. The molecule has 6 heteroatoms. The highest BCUT2D eigenvalue weighted by Crippen LogP contribution is 2.36. The highest BCUT2D eigenvalue weighted by molar-refractivity contribution is 9.12. The topological polar surface area (TPSA) is 38.0 Å². The van der Waals surface area contributed by atoms with Gasteiger partial charge >= 0.3 is 0 Å². The van der Waals surface area contributed by atoms with Crippen molar-refractivity contribution in [1.82, 2.24) is 5.43 Å². The van der Waals surface area contributed by atoms with Crippen molar-refractivity contribution in [3.05, 3.63) is 53.5 Å². The first-order chi connectivity index (χ1) is 8.60. The van der Waals surface area contributed by atoms with Crippen molar-refractivity contribution in [2.24, 2.45) is 5.84 Å². The lowest BCUT2D eigenvalue weighted by Gasteiger charge is -2.15. The second-order valence-corrected chi connectivity index (χ2v) is 8.50. The van der Waals surface area contributed by atoms with Crippen LogP contribution < -0.4 is 11.3 Å². The molecule has 0 bridgehead atoms. The molecule has 18 heavy (non-hydrogen) atoms. The van der Waals surface area contributed by atoms with Gasteiger partial charge in [-0.2, -0.15) is 0 Å². The van der Waals surface area contributed by atoms with Gasteiger partial charge in [0.25, 0.3) is 0 Å². The van der Waals surface area contributed by atoms with Gasteiger partial charge in [0.15, 0.2) is 0 Å². The van der Waals surface area contributed by atoms with E-state index in [-0.39, 0.29) is 6.04 Å². The minimum atomic E-state index is 0.0937. The van der Waals surface area contributed by atoms with E-state index in [0.29, 0.717) is 0 Å². The fourth-order valence-corrected chi connectivity index (χ4v) is 5.17. The molecule has 1 unspecified atom stereocenters. The number of rotatable bonds is 4. The van der Waals surface area contributed by atoms with Gasteiger partial charge in [-0.1, -0.05) is 28.1 Å². The van der Waals surface area contributed by atoms with Gasteiger partial charge in [0.05, 0.1) is 13.6 Å². The van der Waals surface area contributed by atoms with Crippen LogP contribution in [0.15, 0.2) is 42.4 Å². The van der Waals surface area contributed by atoms with Crippen LogP contribution in [0.25, 0.3) is 0 Å². The largest absolute Gasteiger partial charge is 0.271 e. The smallest absolute Gasteiger partial charge is 0.0758 e. The van der Waals surface area contributed by atoms with Gasteiger partial charge in [-0.15, -0.1) is 11.3 Å². The highest BCUT2D eigenvalue weighted by Gasteiger charge is 2.16. The minimum Gasteiger partial charge on any atom is -0.271 e. The fourth-order valence-electron chi connectivity index (χ4n) is 1.75. The Morgan fingerprint density at radius 2 is 2.00 bits per heavy atom. The summed E-state index contributed by atoms with van der Waals surface area (Å²) in [5, 5.41) is 0. The molecule has 0 spiro atoms. The van der Waals surface area contributed by atoms with E-state index in [0.717, 1.165) is 18.5 Å². The third-order valence-electron chi connectivity index (χ3n) is 2.59. The lowest BCUT2D eigenvalue weighted by Crippen LogP contribution is -2.29. The van der Waals surface area contributed by atoms with E-state index < -0.39 is 0 Å². The van der Waals surface area contributed by atoms with E-state index in [1.807, 2.05) is 12.1 Å². The maximum Gasteiger partial charge on any atom is 0.0758 e. The highest BCUT2D eigenvalue weighted by atomic mass is 79.9. The Balaban J connectivity index is 2.22. The van der Waals surface area contributed by atoms with E-state index in [2.05, 4.69) is 71.4 Å². The molecule has 1 aromatic carbocycles. The number of nitrogens with one attached hydrogen (secondary N) is 1. The molecule has 1 heterocycles. The fraction of sp³-hybridized carbons (Fsp3) is 0.167. The number of nitrogens with two attached hydrogens (primary N) is 1. The zero-order valence-electron chi connectivity index (χ0n) is 9.29. The van der Waals surface area contributed by atoms with Gasteiger partial charge in [0.2, 0.25) is 0 Å². The molecule has 1 aromatic heterocycles. The standard InChI is InChI=1S/C12H11Br3N2S/c13-8-3-1-2-7(4-8)5-10(17-16)9-6-11(14)18-12(9)15/h1-4,6,10,17H,5,16H2. The first kappa shape index (κ1) is 14.7. The molecule has 0 amide bonds. The first-order valence-corrected chi connectivity index (χ1v) is 8.45. The molecule has 0 radical (unpaired) electrons. The van der Waals surface area contributed by atoms with E-state index in [1.54, 1.807) is 11.3 Å². The number of hydrogen-bond donors (Lipinski definition) is 2. The molecule has 2 aromatic rings. The van der Waals surface area contributed by atoms with Crippen LogP contribution in [0.4, 0.5) is 0 Å². The SMILES string of the molecule is NNC(Cc1cccc(Br)c1)c1cc(Br)sc1Br. The summed E-state index contributed by atoms with van der Waals surface area (Å²) in [5.41, 5.74) is 5.29. The maximum atomic E-state index is 5.68. The molecular formula is C12H11Br3N2S. The summed E-state index contributed by atoms with van der Waals surface area (Å²) in [6.45, 7) is 0. The van der Waals surface area contributed by atoms with Crippen molar-refractivity contribution in [3.8, 4) is 0 Å². The zero-order chi connectivity index (χ0) is 13.1. The number of halogens is 3. The maximum absolute atomic E-state index is 5.68. The summed E-state index contributed by atoms with van der Waals surface area (Å²) < 4.78 is 3.28. The Kier molecular flexibility index (Phi) is 5.41. The lowest BCUT2D eigenvalue weighted by molar-refractivity contribution is 0.551. The monoisotopic (exact) mass is 452 g/mol. The predicted molar refractivity (Wildman–Crippen MR) is 87.6 cm³/mol. The number of hydrazine groups is 1. The van der Waals surface area contributed by atoms with E-state index in [1.165, 1.54) is 11.1 Å². The van der Waals surface area contributed by atoms with Gasteiger partial charge in [-0.05, 0) is 67.6 Å². The van der Waals surface area contributed by atoms with Crippen LogP contribution in [0.5, 0.6) is 0 Å². The molecule has 96 valence electrons. The van der Waals surface area contributed by atoms with Crippen molar-refractivity contribution in [2.75, 3.05) is 0 Å². The first-order valence-electron chi connectivity index (χ1n) is 5.25. The second kappa shape index (κ2) is 6.63. The molecule has 2 rings (SSSR count). The molecule has 0 aliphatic rings. The summed E-state index contributed by atoms with van der Waals surface area (Å²) in [7, 11) is 0. The van der Waals surface area contributed by atoms with Crippen LogP contribution in [0.1, 0.15) is 17.2 Å². The van der Waals surface area contributed by atoms with Crippen LogP contribution in [0, 0.1) is 0 Å². The Labute approximate surface area is 135 Å². The normalized spacial score (nSPS) is 12.7. The van der Waals surface area contributed by atoms with E-state index in [4.69, 9.17) is 5.84 Å². The van der Waals surface area contributed by atoms with Crippen molar-refractivity contribution < 1.29 is 0 Å². The van der Waals surface area contributed by atoms with Crippen LogP contribution in [-0.2, 0) is 6.42 Å². The Bertz CT molecular complexity index is 542. The molecule has 1 atom stereocenters. The minimum absolute atomic E-state index is 0.0937. The van der Waals surface area contributed by atoms with E-state index >= 15 is 0 Å². The molecule has 0 aliphatic carbocycles. The van der Waals surface area contributed by atoms with Crippen molar-refractivity contribution in [3.63, 3.8) is 0 Å². The Morgan fingerprint density at radius 3 is 2.56 bits per heavy atom. The molecule has 3 N–H and O–H groups in total. The van der Waals surface area contributed by atoms with Gasteiger partial charge < -0.3 is 0 Å². The second-order valence-electron chi connectivity index (χ2n) is 3.83. The molecular weight excluding hydrogens is 444 g/mol.